The van der Waals surface area contributed by atoms with Gasteiger partial charge in [0.15, 0.2) is 0 Å². The lowest BCUT2D eigenvalue weighted by atomic mass is 9.84. The molecule has 1 fully saturated rings. The summed E-state index contributed by atoms with van der Waals surface area (Å²) in [6.45, 7) is 9.93. The molecule has 1 aliphatic heterocycles. The van der Waals surface area contributed by atoms with Crippen molar-refractivity contribution in [2.45, 2.75) is 46.1 Å². The van der Waals surface area contributed by atoms with Crippen LogP contribution in [0.25, 0.3) is 5.76 Å². The van der Waals surface area contributed by atoms with Gasteiger partial charge in [0.25, 0.3) is 11.7 Å². The summed E-state index contributed by atoms with van der Waals surface area (Å²) in [6.07, 6.45) is 0. The van der Waals surface area contributed by atoms with Gasteiger partial charge < -0.3 is 10.2 Å². The van der Waals surface area contributed by atoms with Crippen LogP contribution in [0.3, 0.4) is 0 Å². The van der Waals surface area contributed by atoms with E-state index in [0.29, 0.717) is 11.1 Å². The molecule has 4 rings (SSSR count). The lowest BCUT2D eigenvalue weighted by molar-refractivity contribution is -0.132. The van der Waals surface area contributed by atoms with E-state index >= 15 is 0 Å². The summed E-state index contributed by atoms with van der Waals surface area (Å²) in [4.78, 5) is 28.0. The fraction of sp³-hybridized carbons (Fsp3) is 0.241. The van der Waals surface area contributed by atoms with E-state index in [-0.39, 0.29) is 28.2 Å². The highest BCUT2D eigenvalue weighted by molar-refractivity contribution is 6.52. The number of rotatable bonds is 3. The monoisotopic (exact) mass is 455 g/mol. The van der Waals surface area contributed by atoms with Crippen LogP contribution in [-0.2, 0) is 15.0 Å². The highest BCUT2D eigenvalue weighted by Gasteiger charge is 2.47. The molecule has 1 aliphatic rings. The van der Waals surface area contributed by atoms with Gasteiger partial charge in [-0.05, 0) is 59.7 Å². The first kappa shape index (κ1) is 23.3. The first-order chi connectivity index (χ1) is 16.0. The SMILES string of the molecule is Cc1ccc(O)c(N2C(=O)C(=O)/C(=C(/O)c3cc(C(C)(C)C)ccc3C)C2c2ccccc2)c1. The van der Waals surface area contributed by atoms with Crippen molar-refractivity contribution in [2.75, 3.05) is 4.90 Å². The smallest absolute Gasteiger partial charge is 0.300 e. The third-order valence-electron chi connectivity index (χ3n) is 6.31. The topological polar surface area (TPSA) is 77.8 Å². The van der Waals surface area contributed by atoms with Crippen molar-refractivity contribution in [1.82, 2.24) is 0 Å². The number of phenolic OH excluding ortho intramolecular Hbond substituents is 1. The molecule has 1 saturated heterocycles. The predicted octanol–water partition coefficient (Wildman–Crippen LogP) is 5.93. The van der Waals surface area contributed by atoms with Crippen LogP contribution < -0.4 is 4.90 Å². The number of hydrogen-bond donors (Lipinski definition) is 2. The summed E-state index contributed by atoms with van der Waals surface area (Å²) in [5.74, 6) is -1.90. The molecule has 0 aromatic heterocycles. The Labute approximate surface area is 200 Å². The van der Waals surface area contributed by atoms with Crippen molar-refractivity contribution in [3.63, 3.8) is 0 Å². The quantitative estimate of drug-likeness (QED) is 0.291. The number of carbonyl (C=O) groups excluding carboxylic acids is 2. The van der Waals surface area contributed by atoms with Crippen molar-refractivity contribution in [1.29, 1.82) is 0 Å². The van der Waals surface area contributed by atoms with E-state index in [0.717, 1.165) is 16.7 Å². The Morgan fingerprint density at radius 2 is 1.59 bits per heavy atom. The Balaban J connectivity index is 2.00. The Bertz CT molecular complexity index is 1320. The van der Waals surface area contributed by atoms with Crippen LogP contribution in [0, 0.1) is 13.8 Å². The molecule has 5 nitrogen and oxygen atoms in total. The summed E-state index contributed by atoms with van der Waals surface area (Å²) < 4.78 is 0. The first-order valence-electron chi connectivity index (χ1n) is 11.3. The molecule has 5 heteroatoms. The number of aromatic hydroxyl groups is 1. The molecule has 1 amide bonds. The lowest BCUT2D eigenvalue weighted by Crippen LogP contribution is -2.29. The molecule has 174 valence electrons. The molecular formula is C29H29NO4. The van der Waals surface area contributed by atoms with Gasteiger partial charge in [0.05, 0.1) is 17.3 Å². The van der Waals surface area contributed by atoms with Crippen LogP contribution in [0.2, 0.25) is 0 Å². The summed E-state index contributed by atoms with van der Waals surface area (Å²) in [7, 11) is 0. The van der Waals surface area contributed by atoms with Gasteiger partial charge in [-0.2, -0.15) is 0 Å². The van der Waals surface area contributed by atoms with Crippen molar-refractivity contribution >= 4 is 23.1 Å². The molecule has 0 bridgehead atoms. The third-order valence-corrected chi connectivity index (χ3v) is 6.31. The number of Topliss-reactive ketones (excluding diaryl/α,β-unsaturated/α-hetero) is 1. The van der Waals surface area contributed by atoms with Gasteiger partial charge in [0, 0.05) is 5.56 Å². The fourth-order valence-electron chi connectivity index (χ4n) is 4.35. The van der Waals surface area contributed by atoms with Gasteiger partial charge >= 0.3 is 0 Å². The molecule has 1 heterocycles. The molecule has 3 aromatic rings. The first-order valence-corrected chi connectivity index (χ1v) is 11.3. The van der Waals surface area contributed by atoms with Crippen molar-refractivity contribution in [3.8, 4) is 5.75 Å². The number of ketones is 1. The van der Waals surface area contributed by atoms with E-state index < -0.39 is 17.7 Å². The highest BCUT2D eigenvalue weighted by Crippen LogP contribution is 2.45. The maximum Gasteiger partial charge on any atom is 0.300 e. The van der Waals surface area contributed by atoms with Crippen molar-refractivity contribution < 1.29 is 19.8 Å². The van der Waals surface area contributed by atoms with E-state index in [4.69, 9.17) is 0 Å². The van der Waals surface area contributed by atoms with E-state index in [2.05, 4.69) is 20.8 Å². The lowest BCUT2D eigenvalue weighted by Gasteiger charge is -2.26. The second-order valence-corrected chi connectivity index (χ2v) is 9.85. The molecule has 2 N–H and O–H groups in total. The number of aryl methyl sites for hydroxylation is 2. The second kappa shape index (κ2) is 8.49. The largest absolute Gasteiger partial charge is 0.507 e. The Kier molecular flexibility index (Phi) is 5.82. The van der Waals surface area contributed by atoms with Gasteiger partial charge in [-0.25, -0.2) is 0 Å². The zero-order valence-electron chi connectivity index (χ0n) is 20.1. The summed E-state index contributed by atoms with van der Waals surface area (Å²) in [5.41, 5.74) is 3.87. The molecule has 0 aliphatic carbocycles. The van der Waals surface area contributed by atoms with Gasteiger partial charge in [0.2, 0.25) is 0 Å². The standard InChI is InChI=1S/C29H29NO4/c1-17-11-14-23(31)22(15-17)30-25(19-9-7-6-8-10-19)24(27(33)28(30)34)26(32)21-16-20(29(3,4)5)13-12-18(21)2/h6-16,25,31-32H,1-5H3/b26-24+. The summed E-state index contributed by atoms with van der Waals surface area (Å²) in [5, 5.41) is 22.1. The Hall–Kier alpha value is -3.86. The molecular weight excluding hydrogens is 426 g/mol. The Morgan fingerprint density at radius 1 is 0.912 bits per heavy atom. The van der Waals surface area contributed by atoms with Crippen LogP contribution in [0.4, 0.5) is 5.69 Å². The number of anilines is 1. The number of hydrogen-bond acceptors (Lipinski definition) is 4. The third kappa shape index (κ3) is 3.98. The van der Waals surface area contributed by atoms with Gasteiger partial charge in [-0.3, -0.25) is 14.5 Å². The molecule has 3 aromatic carbocycles. The van der Waals surface area contributed by atoms with Crippen LogP contribution >= 0.6 is 0 Å². The number of benzene rings is 3. The van der Waals surface area contributed by atoms with E-state index in [1.165, 1.54) is 11.0 Å². The number of carbonyl (C=O) groups is 2. The molecule has 34 heavy (non-hydrogen) atoms. The zero-order chi connectivity index (χ0) is 24.8. The van der Waals surface area contributed by atoms with E-state index in [1.807, 2.05) is 62.4 Å². The maximum atomic E-state index is 13.4. The molecule has 0 spiro atoms. The average molecular weight is 456 g/mol. The minimum absolute atomic E-state index is 0.00580. The van der Waals surface area contributed by atoms with Gasteiger partial charge in [-0.15, -0.1) is 0 Å². The van der Waals surface area contributed by atoms with Crippen molar-refractivity contribution in [3.05, 3.63) is 100 Å². The summed E-state index contributed by atoms with van der Waals surface area (Å²) in [6, 6.07) is 18.9. The van der Waals surface area contributed by atoms with E-state index in [9.17, 15) is 19.8 Å². The average Bonchev–Trinajstić information content (AvgIpc) is 3.05. The van der Waals surface area contributed by atoms with Crippen molar-refractivity contribution in [2.24, 2.45) is 0 Å². The van der Waals surface area contributed by atoms with Crippen LogP contribution in [0.15, 0.2) is 72.3 Å². The highest BCUT2D eigenvalue weighted by atomic mass is 16.3. The number of aliphatic hydroxyl groups excluding tert-OH is 1. The normalized spacial score (nSPS) is 17.9. The predicted molar refractivity (Wildman–Crippen MR) is 134 cm³/mol. The molecule has 0 saturated carbocycles. The Morgan fingerprint density at radius 3 is 2.24 bits per heavy atom. The minimum atomic E-state index is -0.883. The number of aliphatic hydroxyl groups is 1. The molecule has 1 atom stereocenters. The summed E-state index contributed by atoms with van der Waals surface area (Å²) >= 11 is 0. The van der Waals surface area contributed by atoms with Crippen LogP contribution in [-0.4, -0.2) is 21.9 Å². The number of amides is 1. The molecule has 1 unspecified atom stereocenters. The zero-order valence-corrected chi connectivity index (χ0v) is 20.1. The maximum absolute atomic E-state index is 13.4. The number of nitrogens with zero attached hydrogens (tertiary/aromatic N) is 1. The van der Waals surface area contributed by atoms with Crippen LogP contribution in [0.1, 0.15) is 54.6 Å². The van der Waals surface area contributed by atoms with Gasteiger partial charge in [-0.1, -0.05) is 69.3 Å². The van der Waals surface area contributed by atoms with Crippen LogP contribution in [0.5, 0.6) is 5.75 Å². The van der Waals surface area contributed by atoms with Gasteiger partial charge in [0.1, 0.15) is 11.5 Å². The van der Waals surface area contributed by atoms with E-state index in [1.54, 1.807) is 12.1 Å². The minimum Gasteiger partial charge on any atom is -0.507 e. The number of phenols is 1. The fourth-order valence-corrected chi connectivity index (χ4v) is 4.35. The molecule has 0 radical (unpaired) electrons. The second-order valence-electron chi connectivity index (χ2n) is 9.85.